The lowest BCUT2D eigenvalue weighted by Gasteiger charge is -2.45. The molecule has 0 aromatic heterocycles. The number of benzene rings is 2. The van der Waals surface area contributed by atoms with Crippen molar-refractivity contribution in [3.8, 4) is 0 Å². The molecule has 32 heavy (non-hydrogen) atoms. The molecule has 0 bridgehead atoms. The Kier molecular flexibility index (Phi) is 6.11. The van der Waals surface area contributed by atoms with Gasteiger partial charge in [0.15, 0.2) is 0 Å². The summed E-state index contributed by atoms with van der Waals surface area (Å²) in [7, 11) is 3.38. The summed E-state index contributed by atoms with van der Waals surface area (Å²) >= 11 is 6.01. The Labute approximate surface area is 192 Å². The van der Waals surface area contributed by atoms with E-state index in [1.807, 2.05) is 13.0 Å². The Morgan fingerprint density at radius 1 is 1.12 bits per heavy atom. The molecule has 8 heteroatoms. The number of hydrogen-bond donors (Lipinski definition) is 1. The van der Waals surface area contributed by atoms with Crippen LogP contribution in [0, 0.1) is 6.92 Å². The molecular weight excluding hydrogens is 428 g/mol. The molecule has 2 aliphatic rings. The van der Waals surface area contributed by atoms with E-state index in [4.69, 9.17) is 11.6 Å². The number of nitrogens with zero attached hydrogens (tertiary/aromatic N) is 3. The summed E-state index contributed by atoms with van der Waals surface area (Å²) in [6.07, 6.45) is 2.74. The molecule has 0 unspecified atom stereocenters. The standard InChI is InChI=1S/C24H27ClN4O3/c1-15-12-17(25)8-9-18(15)26-22(30)14-29-21-13-16(23(31)27(2)3)7-10-19(21)28-11-5-4-6-20(28)24(29)32/h7-10,12-13,20H,4-6,11,14H2,1-3H3,(H,26,30)/t20-/m0/s1. The molecule has 7 nitrogen and oxygen atoms in total. The lowest BCUT2D eigenvalue weighted by molar-refractivity contribution is -0.123. The van der Waals surface area contributed by atoms with Crippen LogP contribution in [0.2, 0.25) is 5.02 Å². The van der Waals surface area contributed by atoms with Crippen molar-refractivity contribution in [1.82, 2.24) is 4.90 Å². The molecule has 2 aromatic rings. The average molecular weight is 455 g/mol. The van der Waals surface area contributed by atoms with E-state index in [9.17, 15) is 14.4 Å². The van der Waals surface area contributed by atoms with Crippen LogP contribution in [-0.4, -0.2) is 55.8 Å². The topological polar surface area (TPSA) is 73.0 Å². The number of carbonyl (C=O) groups is 3. The fourth-order valence-corrected chi connectivity index (χ4v) is 4.64. The first-order valence-electron chi connectivity index (χ1n) is 10.8. The second kappa shape index (κ2) is 8.82. The summed E-state index contributed by atoms with van der Waals surface area (Å²) in [5.74, 6) is -0.555. The molecule has 0 radical (unpaired) electrons. The van der Waals surface area contributed by atoms with E-state index < -0.39 is 0 Å². The maximum atomic E-state index is 13.4. The van der Waals surface area contributed by atoms with E-state index in [0.717, 1.165) is 37.1 Å². The summed E-state index contributed by atoms with van der Waals surface area (Å²) in [6, 6.07) is 10.4. The van der Waals surface area contributed by atoms with Gasteiger partial charge in [-0.05, 0) is 68.1 Å². The lowest BCUT2D eigenvalue weighted by Crippen LogP contribution is -2.56. The van der Waals surface area contributed by atoms with Gasteiger partial charge in [0.05, 0.1) is 11.4 Å². The van der Waals surface area contributed by atoms with Crippen LogP contribution in [0.4, 0.5) is 17.1 Å². The summed E-state index contributed by atoms with van der Waals surface area (Å²) in [6.45, 7) is 2.52. The second-order valence-corrected chi connectivity index (χ2v) is 8.98. The maximum absolute atomic E-state index is 13.4. The second-order valence-electron chi connectivity index (χ2n) is 8.54. The van der Waals surface area contributed by atoms with E-state index in [2.05, 4.69) is 10.2 Å². The van der Waals surface area contributed by atoms with E-state index in [1.165, 1.54) is 9.80 Å². The molecule has 2 heterocycles. The first-order chi connectivity index (χ1) is 15.3. The van der Waals surface area contributed by atoms with Gasteiger partial charge in [0.2, 0.25) is 11.8 Å². The van der Waals surface area contributed by atoms with Crippen LogP contribution in [-0.2, 0) is 9.59 Å². The summed E-state index contributed by atoms with van der Waals surface area (Å²) < 4.78 is 0. The first kappa shape index (κ1) is 22.1. The van der Waals surface area contributed by atoms with Crippen molar-refractivity contribution in [2.24, 2.45) is 0 Å². The van der Waals surface area contributed by atoms with Gasteiger partial charge in [-0.1, -0.05) is 11.6 Å². The average Bonchev–Trinajstić information content (AvgIpc) is 2.77. The van der Waals surface area contributed by atoms with Crippen LogP contribution in [0.3, 0.4) is 0 Å². The van der Waals surface area contributed by atoms with E-state index in [1.54, 1.807) is 44.4 Å². The summed E-state index contributed by atoms with van der Waals surface area (Å²) in [5, 5.41) is 3.48. The zero-order valence-corrected chi connectivity index (χ0v) is 19.3. The third-order valence-electron chi connectivity index (χ3n) is 6.05. The van der Waals surface area contributed by atoms with Gasteiger partial charge in [0, 0.05) is 36.9 Å². The highest BCUT2D eigenvalue weighted by atomic mass is 35.5. The monoisotopic (exact) mass is 454 g/mol. The van der Waals surface area contributed by atoms with Crippen LogP contribution in [0.25, 0.3) is 0 Å². The Morgan fingerprint density at radius 2 is 1.91 bits per heavy atom. The van der Waals surface area contributed by atoms with Crippen molar-refractivity contribution < 1.29 is 14.4 Å². The highest BCUT2D eigenvalue weighted by molar-refractivity contribution is 6.30. The van der Waals surface area contributed by atoms with Gasteiger partial charge in [0.25, 0.3) is 5.91 Å². The number of fused-ring (bicyclic) bond motifs is 3. The van der Waals surface area contributed by atoms with Crippen LogP contribution in [0.15, 0.2) is 36.4 Å². The minimum Gasteiger partial charge on any atom is -0.358 e. The molecule has 2 aliphatic heterocycles. The fourth-order valence-electron chi connectivity index (χ4n) is 4.41. The number of hydrogen-bond acceptors (Lipinski definition) is 4. The highest BCUT2D eigenvalue weighted by Gasteiger charge is 2.40. The van der Waals surface area contributed by atoms with Gasteiger partial charge in [0.1, 0.15) is 12.6 Å². The van der Waals surface area contributed by atoms with Crippen LogP contribution >= 0.6 is 11.6 Å². The number of piperidine rings is 1. The largest absolute Gasteiger partial charge is 0.358 e. The van der Waals surface area contributed by atoms with Gasteiger partial charge in [-0.3, -0.25) is 19.3 Å². The van der Waals surface area contributed by atoms with Crippen molar-refractivity contribution in [3.63, 3.8) is 0 Å². The molecule has 1 fully saturated rings. The zero-order chi connectivity index (χ0) is 23.0. The minimum atomic E-state index is -0.302. The van der Waals surface area contributed by atoms with Crippen molar-refractivity contribution in [1.29, 1.82) is 0 Å². The Bertz CT molecular complexity index is 1080. The Hall–Kier alpha value is -3.06. The number of rotatable bonds is 4. The van der Waals surface area contributed by atoms with Crippen molar-refractivity contribution in [3.05, 3.63) is 52.5 Å². The van der Waals surface area contributed by atoms with Crippen LogP contribution < -0.4 is 15.1 Å². The molecular formula is C24H27ClN4O3. The maximum Gasteiger partial charge on any atom is 0.253 e. The predicted molar refractivity (Wildman–Crippen MR) is 127 cm³/mol. The van der Waals surface area contributed by atoms with Gasteiger partial charge < -0.3 is 15.1 Å². The van der Waals surface area contributed by atoms with Crippen molar-refractivity contribution in [2.45, 2.75) is 32.2 Å². The molecule has 4 rings (SSSR count). The normalized spacial score (nSPS) is 17.5. The first-order valence-corrected chi connectivity index (χ1v) is 11.1. The third-order valence-corrected chi connectivity index (χ3v) is 6.28. The van der Waals surface area contributed by atoms with Gasteiger partial charge in [-0.15, -0.1) is 0 Å². The number of nitrogens with one attached hydrogen (secondary N) is 1. The molecule has 1 saturated heterocycles. The number of amides is 3. The molecule has 0 aliphatic carbocycles. The molecule has 3 amide bonds. The predicted octanol–water partition coefficient (Wildman–Crippen LogP) is 3.69. The smallest absolute Gasteiger partial charge is 0.253 e. The van der Waals surface area contributed by atoms with Gasteiger partial charge in [-0.2, -0.15) is 0 Å². The molecule has 1 N–H and O–H groups in total. The summed E-state index contributed by atoms with van der Waals surface area (Å²) in [5.41, 5.74) is 3.47. The van der Waals surface area contributed by atoms with E-state index in [0.29, 0.717) is 22.0 Å². The quantitative estimate of drug-likeness (QED) is 0.764. The number of anilines is 3. The minimum absolute atomic E-state index is 0.102. The third kappa shape index (κ3) is 4.17. The number of aryl methyl sites for hydroxylation is 1. The van der Waals surface area contributed by atoms with Crippen molar-refractivity contribution >= 4 is 46.4 Å². The van der Waals surface area contributed by atoms with E-state index >= 15 is 0 Å². The molecule has 168 valence electrons. The molecule has 1 atom stereocenters. The SMILES string of the molecule is Cc1cc(Cl)ccc1NC(=O)CN1C(=O)[C@@H]2CCCCN2c2ccc(C(=O)N(C)C)cc21. The molecule has 2 aromatic carbocycles. The van der Waals surface area contributed by atoms with Gasteiger partial charge >= 0.3 is 0 Å². The number of carbonyl (C=O) groups excluding carboxylic acids is 3. The number of halogens is 1. The fraction of sp³-hybridized carbons (Fsp3) is 0.375. The Balaban J connectivity index is 1.67. The van der Waals surface area contributed by atoms with Crippen molar-refractivity contribution in [2.75, 3.05) is 42.3 Å². The van der Waals surface area contributed by atoms with Gasteiger partial charge in [-0.25, -0.2) is 0 Å². The van der Waals surface area contributed by atoms with E-state index in [-0.39, 0.29) is 30.3 Å². The molecule has 0 saturated carbocycles. The van der Waals surface area contributed by atoms with Crippen LogP contribution in [0.1, 0.15) is 35.2 Å². The Morgan fingerprint density at radius 3 is 2.62 bits per heavy atom. The zero-order valence-electron chi connectivity index (χ0n) is 18.5. The molecule has 0 spiro atoms. The highest BCUT2D eigenvalue weighted by Crippen LogP contribution is 2.40. The summed E-state index contributed by atoms with van der Waals surface area (Å²) in [4.78, 5) is 44.0. The lowest BCUT2D eigenvalue weighted by atomic mass is 9.95. The van der Waals surface area contributed by atoms with Crippen LogP contribution in [0.5, 0.6) is 0 Å².